The molecule has 1 atom stereocenters. The number of benzene rings is 1. The summed E-state index contributed by atoms with van der Waals surface area (Å²) in [4.78, 5) is 10.5. The van der Waals surface area contributed by atoms with Crippen molar-refractivity contribution in [2.75, 3.05) is 0 Å². The molecule has 6 heteroatoms. The molecule has 1 aliphatic rings. The summed E-state index contributed by atoms with van der Waals surface area (Å²) in [6, 6.07) is 5.44. The molecule has 1 unspecified atom stereocenters. The lowest BCUT2D eigenvalue weighted by Gasteiger charge is -2.10. The monoisotopic (exact) mass is 243 g/mol. The molecule has 1 aromatic rings. The van der Waals surface area contributed by atoms with Gasteiger partial charge in [-0.3, -0.25) is 10.1 Å². The number of hydrogen-bond acceptors (Lipinski definition) is 2. The molecule has 3 nitrogen and oxygen atoms in total. The van der Waals surface area contributed by atoms with Crippen molar-refractivity contribution >= 4 is 10.9 Å². The Morgan fingerprint density at radius 3 is 2.69 bits per heavy atom. The van der Waals surface area contributed by atoms with Crippen LogP contribution in [-0.4, -0.2) is 4.92 Å². The minimum atomic E-state index is -1.51. The quantitative estimate of drug-likeness (QED) is 0.492. The zero-order chi connectivity index (χ0) is 11.7. The van der Waals surface area contributed by atoms with Gasteiger partial charge in [0, 0.05) is 10.3 Å². The van der Waals surface area contributed by atoms with E-state index in [-0.39, 0.29) is 5.03 Å². The highest BCUT2D eigenvalue weighted by atomic mass is 32.2. The predicted octanol–water partition coefficient (Wildman–Crippen LogP) is 3.13. The van der Waals surface area contributed by atoms with Crippen molar-refractivity contribution in [3.05, 3.63) is 62.5 Å². The number of halogens is 2. The van der Waals surface area contributed by atoms with E-state index in [2.05, 4.69) is 0 Å². The third-order valence-electron chi connectivity index (χ3n) is 2.04. The first kappa shape index (κ1) is 10.8. The molecule has 0 saturated carbocycles. The van der Waals surface area contributed by atoms with E-state index >= 15 is 0 Å². The third-order valence-corrected chi connectivity index (χ3v) is 4.17. The molecule has 1 heterocycles. The van der Waals surface area contributed by atoms with Crippen LogP contribution in [0, 0.1) is 15.9 Å². The van der Waals surface area contributed by atoms with E-state index < -0.39 is 27.5 Å². The van der Waals surface area contributed by atoms with Crippen LogP contribution in [-0.2, 0) is 0 Å². The zero-order valence-electron chi connectivity index (χ0n) is 7.93. The minimum absolute atomic E-state index is 0.210. The molecule has 2 rings (SSSR count). The van der Waals surface area contributed by atoms with E-state index in [9.17, 15) is 18.9 Å². The minimum Gasteiger partial charge on any atom is -0.258 e. The second-order valence-electron chi connectivity index (χ2n) is 3.12. The summed E-state index contributed by atoms with van der Waals surface area (Å²) >= 11 is 0. The Bertz CT molecular complexity index is 513. The van der Waals surface area contributed by atoms with Gasteiger partial charge in [0.05, 0.1) is 11.0 Å². The second kappa shape index (κ2) is 4.05. The highest BCUT2D eigenvalue weighted by molar-refractivity contribution is 8.23. The largest absolute Gasteiger partial charge is 0.294 e. The lowest BCUT2D eigenvalue weighted by molar-refractivity contribution is -0.410. The van der Waals surface area contributed by atoms with Crippen molar-refractivity contribution in [1.82, 2.24) is 0 Å². The van der Waals surface area contributed by atoms with Gasteiger partial charge in [-0.05, 0) is 18.2 Å². The smallest absolute Gasteiger partial charge is 0.258 e. The van der Waals surface area contributed by atoms with Crippen molar-refractivity contribution < 1.29 is 13.7 Å². The first-order valence-corrected chi connectivity index (χ1v) is 5.77. The Hall–Kier alpha value is -1.69. The fourth-order valence-corrected chi connectivity index (χ4v) is 3.21. The van der Waals surface area contributed by atoms with Gasteiger partial charge in [-0.1, -0.05) is 6.07 Å². The van der Waals surface area contributed by atoms with Crippen molar-refractivity contribution in [3.63, 3.8) is 0 Å². The molecular weight excluding hydrogens is 236 g/mol. The maximum atomic E-state index is 13.0. The zero-order valence-corrected chi connectivity index (χ0v) is 8.83. The van der Waals surface area contributed by atoms with Gasteiger partial charge in [0.25, 0.3) is 5.03 Å². The fraction of sp³-hybridized carbons (Fsp3) is 0. The Kier molecular flexibility index (Phi) is 2.74. The van der Waals surface area contributed by atoms with Crippen molar-refractivity contribution in [2.45, 2.75) is 4.90 Å². The van der Waals surface area contributed by atoms with Crippen LogP contribution in [0.4, 0.5) is 8.78 Å². The molecule has 0 aromatic heterocycles. The molecule has 0 spiro atoms. The lowest BCUT2D eigenvalue weighted by Crippen LogP contribution is -1.96. The molecule has 0 radical (unpaired) electrons. The van der Waals surface area contributed by atoms with Crippen LogP contribution in [0.25, 0.3) is 0 Å². The van der Waals surface area contributed by atoms with Gasteiger partial charge >= 0.3 is 0 Å². The lowest BCUT2D eigenvalue weighted by atomic mass is 10.4. The summed E-state index contributed by atoms with van der Waals surface area (Å²) < 4.78 is 25.9. The van der Waals surface area contributed by atoms with Gasteiger partial charge in [-0.2, -0.15) is 0 Å². The van der Waals surface area contributed by atoms with E-state index in [4.69, 9.17) is 0 Å². The van der Waals surface area contributed by atoms with Crippen LogP contribution in [0.3, 0.4) is 0 Å². The van der Waals surface area contributed by atoms with E-state index in [0.717, 1.165) is 6.08 Å². The molecule has 0 saturated heterocycles. The van der Waals surface area contributed by atoms with Gasteiger partial charge in [0.1, 0.15) is 11.6 Å². The normalized spacial score (nSPS) is 21.5. The Balaban J connectivity index is 2.42. The summed E-state index contributed by atoms with van der Waals surface area (Å²) in [5.41, 5.74) is 0. The standard InChI is InChI=1S/C10H7F2NO2S/c11-7-2-1-3-9(4-7)16-6-8(12)5-10(16)13(14)15/h1-6,16H. The van der Waals surface area contributed by atoms with E-state index in [1.165, 1.54) is 23.6 Å². The molecule has 0 N–H and O–H groups in total. The van der Waals surface area contributed by atoms with Crippen LogP contribution >= 0.6 is 10.9 Å². The van der Waals surface area contributed by atoms with E-state index in [1.807, 2.05) is 0 Å². The number of thiol groups is 1. The van der Waals surface area contributed by atoms with Crippen LogP contribution in [0.5, 0.6) is 0 Å². The molecule has 0 aliphatic carbocycles. The number of nitro groups is 1. The molecule has 1 aromatic carbocycles. The Morgan fingerprint density at radius 2 is 2.06 bits per heavy atom. The van der Waals surface area contributed by atoms with Crippen LogP contribution in [0.1, 0.15) is 0 Å². The second-order valence-corrected chi connectivity index (χ2v) is 5.10. The van der Waals surface area contributed by atoms with Crippen LogP contribution in [0.2, 0.25) is 0 Å². The average Bonchev–Trinajstić information content (AvgIpc) is 2.60. The molecule has 0 fully saturated rings. The number of rotatable bonds is 2. The van der Waals surface area contributed by atoms with Crippen molar-refractivity contribution in [3.8, 4) is 0 Å². The fourth-order valence-electron chi connectivity index (χ4n) is 1.39. The van der Waals surface area contributed by atoms with Crippen molar-refractivity contribution in [2.24, 2.45) is 0 Å². The number of hydrogen-bond donors (Lipinski definition) is 1. The van der Waals surface area contributed by atoms with Gasteiger partial charge in [-0.15, -0.1) is 10.9 Å². The topological polar surface area (TPSA) is 43.1 Å². The third kappa shape index (κ3) is 1.96. The molecule has 0 amide bonds. The SMILES string of the molecule is O=[N+]([O-])C1=CC(F)=C[SH]1c1cccc(F)c1. The average molecular weight is 243 g/mol. The molecule has 84 valence electrons. The summed E-state index contributed by atoms with van der Waals surface area (Å²) in [5, 5.41) is 11.6. The Morgan fingerprint density at radius 1 is 1.31 bits per heavy atom. The first-order valence-electron chi connectivity index (χ1n) is 4.36. The van der Waals surface area contributed by atoms with Gasteiger partial charge in [0.2, 0.25) is 0 Å². The number of nitrogens with zero attached hydrogens (tertiary/aromatic N) is 1. The molecular formula is C10H7F2NO2S. The maximum Gasteiger partial charge on any atom is 0.294 e. The summed E-state index contributed by atoms with van der Waals surface area (Å²) in [6.45, 7) is 0. The first-order chi connectivity index (χ1) is 7.58. The molecule has 16 heavy (non-hydrogen) atoms. The van der Waals surface area contributed by atoms with Crippen molar-refractivity contribution in [1.29, 1.82) is 0 Å². The van der Waals surface area contributed by atoms with Crippen LogP contribution in [0.15, 0.2) is 51.5 Å². The summed E-state index contributed by atoms with van der Waals surface area (Å²) in [7, 11) is -1.51. The van der Waals surface area contributed by atoms with E-state index in [1.54, 1.807) is 6.07 Å². The van der Waals surface area contributed by atoms with Gasteiger partial charge < -0.3 is 0 Å². The summed E-state index contributed by atoms with van der Waals surface area (Å²) in [6.07, 6.45) is 0.886. The predicted molar refractivity (Wildman–Crippen MR) is 57.9 cm³/mol. The van der Waals surface area contributed by atoms with Gasteiger partial charge in [-0.25, -0.2) is 8.78 Å². The number of allylic oxidation sites excluding steroid dienone is 2. The summed E-state index contributed by atoms with van der Waals surface area (Å²) in [5.74, 6) is -1.12. The van der Waals surface area contributed by atoms with Crippen LogP contribution < -0.4 is 0 Å². The highest BCUT2D eigenvalue weighted by Gasteiger charge is 2.27. The highest BCUT2D eigenvalue weighted by Crippen LogP contribution is 2.50. The Labute approximate surface area is 92.6 Å². The maximum absolute atomic E-state index is 13.0. The van der Waals surface area contributed by atoms with E-state index in [0.29, 0.717) is 4.90 Å². The van der Waals surface area contributed by atoms with Gasteiger partial charge in [0.15, 0.2) is 0 Å². The molecule has 0 bridgehead atoms. The molecule has 1 aliphatic heterocycles.